The largest absolute Gasteiger partial charge is 0.381 e. The number of hydrogen-bond acceptors (Lipinski definition) is 2. The molecule has 2 N–H and O–H groups in total. The quantitative estimate of drug-likeness (QED) is 0.412. The second-order valence-electron chi connectivity index (χ2n) is 1.82. The third kappa shape index (κ3) is 2.96. The summed E-state index contributed by atoms with van der Waals surface area (Å²) in [6, 6.07) is 0. The van der Waals surface area contributed by atoms with Gasteiger partial charge >= 0.3 is 0 Å². The summed E-state index contributed by atoms with van der Waals surface area (Å²) in [5.74, 6) is 0.277. The van der Waals surface area contributed by atoms with Crippen LogP contribution in [0.3, 0.4) is 0 Å². The zero-order valence-corrected chi connectivity index (χ0v) is 6.38. The molecule has 56 valence electrons. The van der Waals surface area contributed by atoms with E-state index in [4.69, 9.17) is 5.73 Å². The smallest absolute Gasteiger partial charge is 0.194 e. The molecule has 0 spiro atoms. The van der Waals surface area contributed by atoms with Gasteiger partial charge in [-0.15, -0.1) is 0 Å². The number of carbonyl (C=O) groups excluding carboxylic acids is 1. The molecule has 0 aromatic rings. The molecule has 0 aliphatic rings. The number of carbonyl (C=O) groups is 1. The Kier molecular flexibility index (Phi) is 3.32. The fourth-order valence-electron chi connectivity index (χ4n) is 0.303. The molecule has 0 atom stereocenters. The maximum absolute atomic E-state index is 10.5. The molecule has 0 saturated heterocycles. The average molecular weight is 141 g/mol. The van der Waals surface area contributed by atoms with Crippen molar-refractivity contribution in [3.8, 4) is 0 Å². The summed E-state index contributed by atoms with van der Waals surface area (Å²) < 4.78 is 0. The van der Waals surface area contributed by atoms with Gasteiger partial charge in [-0.3, -0.25) is 9.79 Å². The van der Waals surface area contributed by atoms with Crippen LogP contribution in [0, 0.1) is 0 Å². The summed E-state index contributed by atoms with van der Waals surface area (Å²) in [5.41, 5.74) is 5.21. The highest BCUT2D eigenvalue weighted by molar-refractivity contribution is 6.38. The fourth-order valence-corrected chi connectivity index (χ4v) is 0.303. The van der Waals surface area contributed by atoms with Crippen LogP contribution < -0.4 is 5.73 Å². The third-order valence-electron chi connectivity index (χ3n) is 0.967. The Labute approximate surface area is 59.9 Å². The molecule has 0 aliphatic carbocycles. The van der Waals surface area contributed by atoms with Gasteiger partial charge in [0, 0.05) is 14.0 Å². The SMILES string of the molecule is C/N=C(C)\N=C(\N)C(C)=O. The first kappa shape index (κ1) is 8.81. The topological polar surface area (TPSA) is 67.8 Å². The number of aliphatic imine (C=N–C) groups is 2. The minimum Gasteiger partial charge on any atom is -0.381 e. The van der Waals surface area contributed by atoms with E-state index in [-0.39, 0.29) is 11.6 Å². The van der Waals surface area contributed by atoms with E-state index in [1.54, 1.807) is 14.0 Å². The minimum atomic E-state index is -0.233. The molecule has 0 bridgehead atoms. The minimum absolute atomic E-state index is 0.00287. The van der Waals surface area contributed by atoms with E-state index in [0.717, 1.165) is 0 Å². The number of amidine groups is 2. The Morgan fingerprint density at radius 2 is 1.90 bits per heavy atom. The van der Waals surface area contributed by atoms with Crippen LogP contribution in [0.2, 0.25) is 0 Å². The highest BCUT2D eigenvalue weighted by atomic mass is 16.1. The maximum atomic E-state index is 10.5. The highest BCUT2D eigenvalue weighted by Gasteiger charge is 1.97. The second-order valence-corrected chi connectivity index (χ2v) is 1.82. The van der Waals surface area contributed by atoms with Crippen LogP contribution in [0.4, 0.5) is 0 Å². The van der Waals surface area contributed by atoms with Crippen molar-refractivity contribution in [1.29, 1.82) is 0 Å². The Hall–Kier alpha value is -1.19. The van der Waals surface area contributed by atoms with Crippen molar-refractivity contribution in [1.82, 2.24) is 0 Å². The van der Waals surface area contributed by atoms with Gasteiger partial charge in [0.15, 0.2) is 11.6 Å². The van der Waals surface area contributed by atoms with Crippen LogP contribution in [0.25, 0.3) is 0 Å². The van der Waals surface area contributed by atoms with Crippen LogP contribution in [-0.2, 0) is 4.79 Å². The van der Waals surface area contributed by atoms with E-state index in [9.17, 15) is 4.79 Å². The molecule has 0 radical (unpaired) electrons. The lowest BCUT2D eigenvalue weighted by molar-refractivity contribution is -0.111. The van der Waals surface area contributed by atoms with Crippen molar-refractivity contribution in [2.45, 2.75) is 13.8 Å². The van der Waals surface area contributed by atoms with E-state index in [1.807, 2.05) is 0 Å². The van der Waals surface area contributed by atoms with Crippen molar-refractivity contribution < 1.29 is 4.79 Å². The van der Waals surface area contributed by atoms with Crippen molar-refractivity contribution >= 4 is 17.5 Å². The molecule has 4 heteroatoms. The number of Topliss-reactive ketones (excluding diaryl/α,β-unsaturated/α-hetero) is 1. The normalized spacial score (nSPS) is 13.5. The van der Waals surface area contributed by atoms with Crippen LogP contribution in [0.1, 0.15) is 13.8 Å². The predicted octanol–water partition coefficient (Wildman–Crippen LogP) is -0.0192. The summed E-state index contributed by atoms with van der Waals surface area (Å²) >= 11 is 0. The number of nitrogens with zero attached hydrogens (tertiary/aromatic N) is 2. The van der Waals surface area contributed by atoms with Gasteiger partial charge in [0.05, 0.1) is 0 Å². The van der Waals surface area contributed by atoms with Crippen molar-refractivity contribution in [3.63, 3.8) is 0 Å². The lowest BCUT2D eigenvalue weighted by Crippen LogP contribution is -2.21. The molecule has 0 rings (SSSR count). The van der Waals surface area contributed by atoms with Gasteiger partial charge in [-0.25, -0.2) is 4.99 Å². The predicted molar refractivity (Wildman–Crippen MR) is 41.3 cm³/mol. The molecule has 0 aliphatic heterocycles. The molecule has 4 nitrogen and oxygen atoms in total. The van der Waals surface area contributed by atoms with E-state index < -0.39 is 0 Å². The Morgan fingerprint density at radius 3 is 2.20 bits per heavy atom. The van der Waals surface area contributed by atoms with Crippen LogP contribution in [0.15, 0.2) is 9.98 Å². The fraction of sp³-hybridized carbons (Fsp3) is 0.500. The van der Waals surface area contributed by atoms with Crippen LogP contribution in [-0.4, -0.2) is 24.5 Å². The van der Waals surface area contributed by atoms with Gasteiger partial charge in [-0.1, -0.05) is 0 Å². The van der Waals surface area contributed by atoms with E-state index in [0.29, 0.717) is 5.84 Å². The summed E-state index contributed by atoms with van der Waals surface area (Å²) in [7, 11) is 1.59. The third-order valence-corrected chi connectivity index (χ3v) is 0.967. The Bertz CT molecular complexity index is 193. The molecule has 10 heavy (non-hydrogen) atoms. The van der Waals surface area contributed by atoms with Gasteiger partial charge in [0.2, 0.25) is 0 Å². The van der Waals surface area contributed by atoms with E-state index in [2.05, 4.69) is 9.98 Å². The second kappa shape index (κ2) is 3.76. The highest BCUT2D eigenvalue weighted by Crippen LogP contribution is 1.78. The van der Waals surface area contributed by atoms with Gasteiger partial charge in [-0.05, 0) is 6.92 Å². The molecule has 0 fully saturated rings. The molecular formula is C6H11N3O. The number of hydrogen-bond donors (Lipinski definition) is 1. The van der Waals surface area contributed by atoms with Gasteiger partial charge in [0.1, 0.15) is 5.84 Å². The number of rotatable bonds is 1. The zero-order valence-electron chi connectivity index (χ0n) is 6.38. The van der Waals surface area contributed by atoms with Crippen molar-refractivity contribution in [3.05, 3.63) is 0 Å². The molecule has 0 aromatic carbocycles. The molecule has 0 saturated carbocycles. The van der Waals surface area contributed by atoms with Crippen LogP contribution in [0.5, 0.6) is 0 Å². The van der Waals surface area contributed by atoms with Gasteiger partial charge in [-0.2, -0.15) is 0 Å². The first-order valence-electron chi connectivity index (χ1n) is 2.86. The summed E-state index contributed by atoms with van der Waals surface area (Å²) in [4.78, 5) is 17.9. The van der Waals surface area contributed by atoms with Gasteiger partial charge in [0.25, 0.3) is 0 Å². The maximum Gasteiger partial charge on any atom is 0.194 e. The van der Waals surface area contributed by atoms with E-state index >= 15 is 0 Å². The number of ketones is 1. The monoisotopic (exact) mass is 141 g/mol. The van der Waals surface area contributed by atoms with E-state index in [1.165, 1.54) is 6.92 Å². The first-order chi connectivity index (χ1) is 4.57. The Balaban J connectivity index is 4.31. The summed E-state index contributed by atoms with van der Waals surface area (Å²) in [6.45, 7) is 3.04. The molecule has 0 aromatic heterocycles. The molecule has 0 unspecified atom stereocenters. The van der Waals surface area contributed by atoms with Crippen LogP contribution >= 0.6 is 0 Å². The van der Waals surface area contributed by atoms with Crippen molar-refractivity contribution in [2.24, 2.45) is 15.7 Å². The zero-order chi connectivity index (χ0) is 8.15. The lowest BCUT2D eigenvalue weighted by Gasteiger charge is -1.91. The van der Waals surface area contributed by atoms with Gasteiger partial charge < -0.3 is 5.73 Å². The summed E-state index contributed by atoms with van der Waals surface area (Å²) in [5, 5.41) is 0. The molecule has 0 heterocycles. The first-order valence-corrected chi connectivity index (χ1v) is 2.86. The molecule has 0 amide bonds. The van der Waals surface area contributed by atoms with Crippen molar-refractivity contribution in [2.75, 3.05) is 7.05 Å². The summed E-state index contributed by atoms with van der Waals surface area (Å²) in [6.07, 6.45) is 0. The molecular weight excluding hydrogens is 130 g/mol. The average Bonchev–Trinajstić information content (AvgIpc) is 1.87. The number of nitrogens with two attached hydrogens (primary N) is 1. The standard InChI is InChI=1S/C6H11N3O/c1-4(10)6(7)9-5(2)8-3/h1-3H3,(H2,7,8,9). The Morgan fingerprint density at radius 1 is 1.40 bits per heavy atom. The lowest BCUT2D eigenvalue weighted by atomic mass is 10.4.